The van der Waals surface area contributed by atoms with Crippen LogP contribution in [0.5, 0.6) is 0 Å². The summed E-state index contributed by atoms with van der Waals surface area (Å²) in [7, 11) is 0. The molecule has 1 fully saturated rings. The molecule has 0 aliphatic carbocycles. The van der Waals surface area contributed by atoms with E-state index in [4.69, 9.17) is 0 Å². The average Bonchev–Trinajstić information content (AvgIpc) is 3.21. The Kier molecular flexibility index (Phi) is 5.41. The van der Waals surface area contributed by atoms with Gasteiger partial charge in [-0.25, -0.2) is 0 Å². The zero-order valence-electron chi connectivity index (χ0n) is 15.9. The quantitative estimate of drug-likeness (QED) is 0.859. The van der Waals surface area contributed by atoms with E-state index >= 15 is 0 Å². The van der Waals surface area contributed by atoms with E-state index in [1.165, 1.54) is 0 Å². The zero-order valence-corrected chi connectivity index (χ0v) is 15.9. The van der Waals surface area contributed by atoms with Gasteiger partial charge in [0.25, 0.3) is 0 Å². The molecule has 2 atom stereocenters. The summed E-state index contributed by atoms with van der Waals surface area (Å²) < 4.78 is 1.98. The Bertz CT molecular complexity index is 827. The highest BCUT2D eigenvalue weighted by Gasteiger charge is 2.35. The first-order chi connectivity index (χ1) is 13.6. The summed E-state index contributed by atoms with van der Waals surface area (Å²) in [6, 6.07) is 9.90. The maximum Gasteiger partial charge on any atom is 0.303 e. The first-order valence-corrected chi connectivity index (χ1v) is 10.1. The van der Waals surface area contributed by atoms with Crippen LogP contribution in [0.1, 0.15) is 55.3 Å². The Morgan fingerprint density at radius 3 is 2.57 bits per heavy atom. The first-order valence-electron chi connectivity index (χ1n) is 10.1. The van der Waals surface area contributed by atoms with Crippen molar-refractivity contribution in [2.75, 3.05) is 13.1 Å². The van der Waals surface area contributed by atoms with E-state index < -0.39 is 5.97 Å². The third-order valence-corrected chi connectivity index (χ3v) is 6.19. The molecular formula is C21H26N4O3. The lowest BCUT2D eigenvalue weighted by Crippen LogP contribution is -2.43. The van der Waals surface area contributed by atoms with Gasteiger partial charge in [-0.3, -0.25) is 9.59 Å². The Hall–Kier alpha value is -2.70. The summed E-state index contributed by atoms with van der Waals surface area (Å²) in [5, 5.41) is 17.5. The minimum absolute atomic E-state index is 0.00580. The molecule has 0 spiro atoms. The number of amides is 1. The van der Waals surface area contributed by atoms with Crippen LogP contribution in [0.3, 0.4) is 0 Å². The molecule has 1 saturated heterocycles. The molecule has 148 valence electrons. The number of rotatable bonds is 5. The fourth-order valence-corrected chi connectivity index (χ4v) is 4.72. The van der Waals surface area contributed by atoms with Crippen LogP contribution in [-0.2, 0) is 16.1 Å². The molecule has 1 N–H and O–H groups in total. The van der Waals surface area contributed by atoms with E-state index in [-0.39, 0.29) is 30.1 Å². The molecule has 2 aliphatic heterocycles. The van der Waals surface area contributed by atoms with Crippen LogP contribution in [0.15, 0.2) is 36.7 Å². The Morgan fingerprint density at radius 1 is 1.11 bits per heavy atom. The number of piperidine rings is 1. The van der Waals surface area contributed by atoms with Crippen LogP contribution >= 0.6 is 0 Å². The van der Waals surface area contributed by atoms with Crippen molar-refractivity contribution in [1.29, 1.82) is 0 Å². The Morgan fingerprint density at radius 2 is 1.86 bits per heavy atom. The van der Waals surface area contributed by atoms with Crippen LogP contribution in [0.25, 0.3) is 0 Å². The molecule has 0 saturated carbocycles. The second-order valence-corrected chi connectivity index (χ2v) is 7.86. The number of benzene rings is 1. The number of aliphatic carboxylic acids is 1. The third-order valence-electron chi connectivity index (χ3n) is 6.19. The molecule has 0 radical (unpaired) electrons. The fourth-order valence-electron chi connectivity index (χ4n) is 4.72. The number of carboxylic acids is 1. The summed E-state index contributed by atoms with van der Waals surface area (Å²) in [4.78, 5) is 26.4. The van der Waals surface area contributed by atoms with Gasteiger partial charge in [-0.05, 0) is 43.1 Å². The number of likely N-dealkylation sites (tertiary alicyclic amines) is 1. The number of hydrogen-bond donors (Lipinski definition) is 1. The number of aromatic nitrogens is 3. The van der Waals surface area contributed by atoms with Gasteiger partial charge in [0.2, 0.25) is 5.91 Å². The first kappa shape index (κ1) is 18.7. The Balaban J connectivity index is 1.42. The van der Waals surface area contributed by atoms with Gasteiger partial charge >= 0.3 is 5.97 Å². The monoisotopic (exact) mass is 382 g/mol. The van der Waals surface area contributed by atoms with Crippen LogP contribution in [-0.4, -0.2) is 49.7 Å². The molecule has 2 aliphatic rings. The second kappa shape index (κ2) is 8.12. The molecule has 28 heavy (non-hydrogen) atoms. The van der Waals surface area contributed by atoms with E-state index in [1.54, 1.807) is 6.33 Å². The maximum atomic E-state index is 13.1. The molecule has 0 bridgehead atoms. The highest BCUT2D eigenvalue weighted by Crippen LogP contribution is 2.36. The van der Waals surface area contributed by atoms with Crippen molar-refractivity contribution >= 4 is 11.9 Å². The minimum Gasteiger partial charge on any atom is -0.481 e. The molecule has 7 nitrogen and oxygen atoms in total. The number of nitrogens with zero attached hydrogens (tertiary/aromatic N) is 4. The van der Waals surface area contributed by atoms with Gasteiger partial charge in [-0.2, -0.15) is 0 Å². The molecule has 2 unspecified atom stereocenters. The van der Waals surface area contributed by atoms with Gasteiger partial charge in [-0.1, -0.05) is 30.3 Å². The standard InChI is InChI=1S/C21H26N4O3/c26-19(27)13-18(15-5-2-1-3-6-15)16-8-11-24(12-9-16)21(28)17-7-4-10-25-14-22-23-20(17)25/h1-3,5-6,14,16-18H,4,7-13H2,(H,26,27). The maximum absolute atomic E-state index is 13.1. The lowest BCUT2D eigenvalue weighted by atomic mass is 9.78. The summed E-state index contributed by atoms with van der Waals surface area (Å²) in [6.45, 7) is 2.23. The van der Waals surface area contributed by atoms with Crippen molar-refractivity contribution in [2.45, 2.75) is 50.5 Å². The van der Waals surface area contributed by atoms with Crippen LogP contribution < -0.4 is 0 Å². The van der Waals surface area contributed by atoms with Gasteiger partial charge in [0.1, 0.15) is 12.2 Å². The predicted octanol–water partition coefficient (Wildman–Crippen LogP) is 2.65. The summed E-state index contributed by atoms with van der Waals surface area (Å²) >= 11 is 0. The predicted molar refractivity (Wildman–Crippen MR) is 103 cm³/mol. The SMILES string of the molecule is O=C(O)CC(c1ccccc1)C1CCN(C(=O)C2CCCn3cnnc32)CC1. The van der Waals surface area contributed by atoms with Crippen molar-refractivity contribution in [3.63, 3.8) is 0 Å². The normalized spacial score (nSPS) is 21.1. The lowest BCUT2D eigenvalue weighted by molar-refractivity contribution is -0.139. The largest absolute Gasteiger partial charge is 0.481 e. The average molecular weight is 382 g/mol. The van der Waals surface area contributed by atoms with E-state index in [2.05, 4.69) is 10.2 Å². The lowest BCUT2D eigenvalue weighted by Gasteiger charge is -2.37. The van der Waals surface area contributed by atoms with Gasteiger partial charge < -0.3 is 14.6 Å². The molecule has 1 amide bonds. The minimum atomic E-state index is -0.770. The number of carbonyl (C=O) groups excluding carboxylic acids is 1. The highest BCUT2D eigenvalue weighted by molar-refractivity contribution is 5.83. The van der Waals surface area contributed by atoms with Crippen molar-refractivity contribution in [1.82, 2.24) is 19.7 Å². The highest BCUT2D eigenvalue weighted by atomic mass is 16.4. The van der Waals surface area contributed by atoms with Gasteiger partial charge in [0, 0.05) is 19.6 Å². The van der Waals surface area contributed by atoms with Crippen molar-refractivity contribution in [3.05, 3.63) is 48.0 Å². The number of aryl methyl sites for hydroxylation is 1. The van der Waals surface area contributed by atoms with Crippen LogP contribution in [0, 0.1) is 5.92 Å². The van der Waals surface area contributed by atoms with Gasteiger partial charge in [-0.15, -0.1) is 10.2 Å². The van der Waals surface area contributed by atoms with E-state index in [0.29, 0.717) is 13.1 Å². The second-order valence-electron chi connectivity index (χ2n) is 7.86. The number of carbonyl (C=O) groups is 2. The van der Waals surface area contributed by atoms with E-state index in [9.17, 15) is 14.7 Å². The fraction of sp³-hybridized carbons (Fsp3) is 0.524. The van der Waals surface area contributed by atoms with Crippen molar-refractivity contribution in [3.8, 4) is 0 Å². The molecule has 2 aromatic rings. The van der Waals surface area contributed by atoms with E-state index in [1.807, 2.05) is 39.8 Å². The molecule has 3 heterocycles. The van der Waals surface area contributed by atoms with E-state index in [0.717, 1.165) is 43.6 Å². The van der Waals surface area contributed by atoms with Gasteiger partial charge in [0.15, 0.2) is 0 Å². The number of fused-ring (bicyclic) bond motifs is 1. The molecule has 7 heteroatoms. The van der Waals surface area contributed by atoms with Crippen molar-refractivity contribution in [2.24, 2.45) is 5.92 Å². The third kappa shape index (κ3) is 3.79. The molecule has 4 rings (SSSR count). The van der Waals surface area contributed by atoms with Crippen LogP contribution in [0.4, 0.5) is 0 Å². The smallest absolute Gasteiger partial charge is 0.303 e. The molecular weight excluding hydrogens is 356 g/mol. The topological polar surface area (TPSA) is 88.3 Å². The molecule has 1 aromatic carbocycles. The zero-order chi connectivity index (χ0) is 19.5. The molecule has 1 aromatic heterocycles. The van der Waals surface area contributed by atoms with Gasteiger partial charge in [0.05, 0.1) is 12.3 Å². The summed E-state index contributed by atoms with van der Waals surface area (Å²) in [5.41, 5.74) is 1.08. The summed E-state index contributed by atoms with van der Waals surface area (Å²) in [6.07, 6.45) is 5.29. The van der Waals surface area contributed by atoms with Crippen molar-refractivity contribution < 1.29 is 14.7 Å². The summed E-state index contributed by atoms with van der Waals surface area (Å²) in [5.74, 6) is 0.227. The number of carboxylic acid groups (broad SMARTS) is 1. The van der Waals surface area contributed by atoms with Crippen LogP contribution in [0.2, 0.25) is 0 Å². The number of hydrogen-bond acceptors (Lipinski definition) is 4. The Labute approximate surface area is 164 Å².